The highest BCUT2D eigenvalue weighted by molar-refractivity contribution is 9.10. The maximum absolute atomic E-state index is 12.7. The van der Waals surface area contributed by atoms with E-state index in [0.717, 1.165) is 39.6 Å². The number of allylic oxidation sites excluding steroid dienone is 4. The maximum Gasteiger partial charge on any atom is 0.341 e. The average Bonchev–Trinajstić information content (AvgIpc) is 3.28. The minimum atomic E-state index is -4.59. The Balaban J connectivity index is 1.74. The lowest BCUT2D eigenvalue weighted by Gasteiger charge is -2.11. The van der Waals surface area contributed by atoms with E-state index in [2.05, 4.69) is 28.1 Å². The standard InChI is InChI=1S/C20H14BrClF2O2S/c21-17-9-13(3-6-18(17)22)16-11-20(7-8-20)10-15(16)12-1-4-14(5-2-12)27(25,26)19(23)24/h1-6,9-11,19H,7-8H2. The number of alkyl halides is 2. The third-order valence-electron chi connectivity index (χ3n) is 4.94. The summed E-state index contributed by atoms with van der Waals surface area (Å²) in [6.45, 7) is 0. The van der Waals surface area contributed by atoms with E-state index in [9.17, 15) is 17.2 Å². The first kappa shape index (κ1) is 18.8. The molecule has 0 aromatic heterocycles. The van der Waals surface area contributed by atoms with Gasteiger partial charge in [-0.1, -0.05) is 42.0 Å². The molecule has 27 heavy (non-hydrogen) atoms. The summed E-state index contributed by atoms with van der Waals surface area (Å²) in [6, 6.07) is 11.3. The first-order valence-corrected chi connectivity index (χ1v) is 11.0. The van der Waals surface area contributed by atoms with Crippen molar-refractivity contribution >= 4 is 48.5 Å². The molecule has 4 rings (SSSR count). The van der Waals surface area contributed by atoms with Crippen LogP contribution in [0.3, 0.4) is 0 Å². The molecule has 0 radical (unpaired) electrons. The number of halogens is 4. The molecule has 1 fully saturated rings. The second-order valence-electron chi connectivity index (χ2n) is 6.81. The van der Waals surface area contributed by atoms with E-state index >= 15 is 0 Å². The van der Waals surface area contributed by atoms with Gasteiger partial charge in [-0.15, -0.1) is 0 Å². The third kappa shape index (κ3) is 3.39. The van der Waals surface area contributed by atoms with E-state index in [1.165, 1.54) is 12.1 Å². The van der Waals surface area contributed by atoms with E-state index in [4.69, 9.17) is 11.6 Å². The Labute approximate surface area is 169 Å². The molecule has 0 atom stereocenters. The molecule has 1 saturated carbocycles. The van der Waals surface area contributed by atoms with Crippen LogP contribution in [0.2, 0.25) is 5.02 Å². The highest BCUT2D eigenvalue weighted by Crippen LogP contribution is 2.57. The SMILES string of the molecule is O=S(=O)(c1ccc(C2=CC3(C=C2c2ccc(Cl)c(Br)c2)CC3)cc1)C(F)F. The van der Waals surface area contributed by atoms with Gasteiger partial charge in [0.2, 0.25) is 9.84 Å². The van der Waals surface area contributed by atoms with Gasteiger partial charge in [-0.2, -0.15) is 8.78 Å². The van der Waals surface area contributed by atoms with Gasteiger partial charge in [0, 0.05) is 9.89 Å². The van der Waals surface area contributed by atoms with Crippen molar-refractivity contribution in [3.63, 3.8) is 0 Å². The summed E-state index contributed by atoms with van der Waals surface area (Å²) < 4.78 is 49.5. The predicted octanol–water partition coefficient (Wildman–Crippen LogP) is 6.36. The number of hydrogen-bond acceptors (Lipinski definition) is 2. The van der Waals surface area contributed by atoms with Crippen molar-refractivity contribution < 1.29 is 17.2 Å². The Morgan fingerprint density at radius 3 is 2.04 bits per heavy atom. The van der Waals surface area contributed by atoms with Crippen LogP contribution < -0.4 is 0 Å². The Hall–Kier alpha value is -1.50. The zero-order valence-electron chi connectivity index (χ0n) is 13.9. The molecule has 0 amide bonds. The molecular weight excluding hydrogens is 458 g/mol. The highest BCUT2D eigenvalue weighted by Gasteiger charge is 2.43. The van der Waals surface area contributed by atoms with Crippen LogP contribution >= 0.6 is 27.5 Å². The van der Waals surface area contributed by atoms with Crippen LogP contribution in [-0.2, 0) is 9.84 Å². The third-order valence-corrected chi connectivity index (χ3v) is 7.55. The van der Waals surface area contributed by atoms with Crippen molar-refractivity contribution in [3.05, 3.63) is 75.2 Å². The first-order valence-electron chi connectivity index (χ1n) is 8.26. The molecule has 1 spiro atoms. The second kappa shape index (κ2) is 6.54. The fourth-order valence-electron chi connectivity index (χ4n) is 3.27. The van der Waals surface area contributed by atoms with Crippen LogP contribution in [0.5, 0.6) is 0 Å². The molecule has 0 N–H and O–H groups in total. The summed E-state index contributed by atoms with van der Waals surface area (Å²) in [6.07, 6.45) is 6.53. The Morgan fingerprint density at radius 1 is 0.963 bits per heavy atom. The number of sulfone groups is 1. The Bertz CT molecular complexity index is 1090. The lowest BCUT2D eigenvalue weighted by molar-refractivity contribution is 0.234. The summed E-state index contributed by atoms with van der Waals surface area (Å²) in [7, 11) is -4.59. The van der Waals surface area contributed by atoms with Crippen LogP contribution in [0.25, 0.3) is 11.1 Å². The zero-order chi connectivity index (χ0) is 19.4. The molecule has 0 aliphatic heterocycles. The topological polar surface area (TPSA) is 34.1 Å². The molecule has 2 aliphatic rings. The molecule has 2 aromatic carbocycles. The largest absolute Gasteiger partial charge is 0.341 e. The maximum atomic E-state index is 12.7. The number of hydrogen-bond donors (Lipinski definition) is 0. The monoisotopic (exact) mass is 470 g/mol. The Kier molecular flexibility index (Phi) is 4.56. The van der Waals surface area contributed by atoms with Gasteiger partial charge in [0.05, 0.1) is 9.92 Å². The quantitative estimate of drug-likeness (QED) is 0.520. The normalized spacial score (nSPS) is 18.0. The molecular formula is C20H14BrClF2O2S. The van der Waals surface area contributed by atoms with E-state index in [1.54, 1.807) is 12.1 Å². The molecule has 7 heteroatoms. The Morgan fingerprint density at radius 2 is 1.52 bits per heavy atom. The van der Waals surface area contributed by atoms with Gasteiger partial charge in [0.25, 0.3) is 0 Å². The van der Waals surface area contributed by atoms with Crippen molar-refractivity contribution in [2.24, 2.45) is 5.41 Å². The van der Waals surface area contributed by atoms with Gasteiger partial charge in [-0.25, -0.2) is 8.42 Å². The van der Waals surface area contributed by atoms with Crippen molar-refractivity contribution in [1.29, 1.82) is 0 Å². The van der Waals surface area contributed by atoms with Crippen LogP contribution in [0.1, 0.15) is 24.0 Å². The van der Waals surface area contributed by atoms with E-state index in [1.807, 2.05) is 18.2 Å². The molecule has 0 unspecified atom stereocenters. The van der Waals surface area contributed by atoms with Crippen molar-refractivity contribution in [2.75, 3.05) is 0 Å². The minimum absolute atomic E-state index is 0.0461. The molecule has 0 heterocycles. The predicted molar refractivity (Wildman–Crippen MR) is 106 cm³/mol. The second-order valence-corrected chi connectivity index (χ2v) is 9.99. The summed E-state index contributed by atoms with van der Waals surface area (Å²) in [5, 5.41) is 0.616. The van der Waals surface area contributed by atoms with Gasteiger partial charge >= 0.3 is 5.76 Å². The summed E-state index contributed by atoms with van der Waals surface area (Å²) in [4.78, 5) is -0.374. The van der Waals surface area contributed by atoms with Gasteiger partial charge in [-0.3, -0.25) is 0 Å². The van der Waals surface area contributed by atoms with Gasteiger partial charge < -0.3 is 0 Å². The van der Waals surface area contributed by atoms with Crippen LogP contribution in [0.4, 0.5) is 8.78 Å². The van der Waals surface area contributed by atoms with Crippen molar-refractivity contribution in [2.45, 2.75) is 23.5 Å². The lowest BCUT2D eigenvalue weighted by atomic mass is 9.95. The highest BCUT2D eigenvalue weighted by atomic mass is 79.9. The average molecular weight is 472 g/mol. The number of benzene rings is 2. The van der Waals surface area contributed by atoms with Crippen molar-refractivity contribution in [1.82, 2.24) is 0 Å². The summed E-state index contributed by atoms with van der Waals surface area (Å²) in [5.74, 6) is -3.43. The van der Waals surface area contributed by atoms with Gasteiger partial charge in [-0.05, 0) is 75.3 Å². The lowest BCUT2D eigenvalue weighted by Crippen LogP contribution is -2.11. The van der Waals surface area contributed by atoms with Crippen LogP contribution in [0.15, 0.2) is 64.0 Å². The van der Waals surface area contributed by atoms with Gasteiger partial charge in [0.1, 0.15) is 0 Å². The van der Waals surface area contributed by atoms with Crippen LogP contribution in [0, 0.1) is 5.41 Å². The van der Waals surface area contributed by atoms with E-state index in [-0.39, 0.29) is 10.3 Å². The molecule has 2 aliphatic carbocycles. The van der Waals surface area contributed by atoms with Gasteiger partial charge in [0.15, 0.2) is 0 Å². The molecule has 140 valence electrons. The smallest absolute Gasteiger partial charge is 0.218 e. The molecule has 2 aromatic rings. The van der Waals surface area contributed by atoms with E-state index in [0.29, 0.717) is 5.02 Å². The molecule has 2 nitrogen and oxygen atoms in total. The fraction of sp³-hybridized carbons (Fsp3) is 0.200. The van der Waals surface area contributed by atoms with Crippen molar-refractivity contribution in [3.8, 4) is 0 Å². The molecule has 0 bridgehead atoms. The zero-order valence-corrected chi connectivity index (χ0v) is 17.1. The van der Waals surface area contributed by atoms with E-state index < -0.39 is 15.6 Å². The summed E-state index contributed by atoms with van der Waals surface area (Å²) >= 11 is 9.54. The van der Waals surface area contributed by atoms with Crippen LogP contribution in [-0.4, -0.2) is 14.2 Å². The molecule has 0 saturated heterocycles. The number of rotatable bonds is 4. The first-order chi connectivity index (χ1) is 12.7. The summed E-state index contributed by atoms with van der Waals surface area (Å²) in [5.41, 5.74) is 3.84. The minimum Gasteiger partial charge on any atom is -0.218 e. The fourth-order valence-corrected chi connectivity index (χ4v) is 4.49.